The van der Waals surface area contributed by atoms with Gasteiger partial charge >= 0.3 is 7.82 Å². The molecule has 3 aromatic rings. The van der Waals surface area contributed by atoms with Crippen LogP contribution in [0.25, 0.3) is 11.2 Å². The van der Waals surface area contributed by atoms with Gasteiger partial charge in [-0.05, 0) is 12.1 Å². The number of nitrogens with zero attached hydrogens (tertiary/aromatic N) is 4. The molecular weight excluding hydrogens is 472 g/mol. The standard InChI is InChI=1S/C17H18ClFN5O7P/c18-9-2-1-3-10(19)8(9)4-20-15-12-16(22-6-21-15)24(7-23-12)17-14(26)13(25)11(31-17)5-30-32(27,28)29/h1-3,6-7,11,13-14,17,25-26H,4-5H2,(H,20,21,22)(H2,27,28,29)/t11-,13-,14-,17-/m1/s1. The smallest absolute Gasteiger partial charge is 0.387 e. The molecule has 0 spiro atoms. The first-order valence-corrected chi connectivity index (χ1v) is 11.1. The highest BCUT2D eigenvalue weighted by Crippen LogP contribution is 2.39. The minimum atomic E-state index is -4.79. The molecule has 4 atom stereocenters. The maximum absolute atomic E-state index is 14.0. The van der Waals surface area contributed by atoms with E-state index in [0.29, 0.717) is 0 Å². The number of hydrogen-bond acceptors (Lipinski definition) is 9. The van der Waals surface area contributed by atoms with Gasteiger partial charge in [-0.15, -0.1) is 0 Å². The molecule has 1 saturated heterocycles. The van der Waals surface area contributed by atoms with E-state index in [2.05, 4.69) is 24.8 Å². The Kier molecular flexibility index (Phi) is 6.43. The van der Waals surface area contributed by atoms with Crippen LogP contribution in [0, 0.1) is 5.82 Å². The number of phosphoric acid groups is 1. The van der Waals surface area contributed by atoms with Gasteiger partial charge in [-0.2, -0.15) is 0 Å². The summed E-state index contributed by atoms with van der Waals surface area (Å²) >= 11 is 6.04. The van der Waals surface area contributed by atoms with E-state index in [-0.39, 0.29) is 34.1 Å². The second-order valence-corrected chi connectivity index (χ2v) is 8.58. The van der Waals surface area contributed by atoms with Crippen LogP contribution in [0.4, 0.5) is 10.2 Å². The Hall–Kier alpha value is -2.22. The fourth-order valence-electron chi connectivity index (χ4n) is 3.31. The summed E-state index contributed by atoms with van der Waals surface area (Å²) in [5.74, 6) is -0.219. The number of phosphoric ester groups is 1. The van der Waals surface area contributed by atoms with Gasteiger partial charge in [0, 0.05) is 17.1 Å². The normalized spacial score (nSPS) is 23.7. The molecule has 0 aliphatic carbocycles. The van der Waals surface area contributed by atoms with E-state index in [4.69, 9.17) is 26.1 Å². The SMILES string of the molecule is O=P(O)(O)OC[C@H]1O[C@@H](n2cnc3c(NCc4c(F)cccc4Cl)ncnc32)[C@H](O)[C@@H]1O. The monoisotopic (exact) mass is 489 g/mol. The van der Waals surface area contributed by atoms with Gasteiger partial charge in [0.1, 0.15) is 30.5 Å². The summed E-state index contributed by atoms with van der Waals surface area (Å²) in [6, 6.07) is 4.33. The van der Waals surface area contributed by atoms with Crippen molar-refractivity contribution >= 4 is 36.4 Å². The first kappa shape index (κ1) is 23.0. The van der Waals surface area contributed by atoms with Crippen molar-refractivity contribution in [2.24, 2.45) is 0 Å². The van der Waals surface area contributed by atoms with Crippen LogP contribution < -0.4 is 5.32 Å². The Labute approximate surface area is 184 Å². The molecule has 0 saturated carbocycles. The van der Waals surface area contributed by atoms with Crippen molar-refractivity contribution in [2.75, 3.05) is 11.9 Å². The molecule has 15 heteroatoms. The molecule has 12 nitrogen and oxygen atoms in total. The Morgan fingerprint density at radius 3 is 2.75 bits per heavy atom. The highest BCUT2D eigenvalue weighted by atomic mass is 35.5. The molecule has 1 aliphatic heterocycles. The van der Waals surface area contributed by atoms with Crippen molar-refractivity contribution in [3.63, 3.8) is 0 Å². The highest BCUT2D eigenvalue weighted by molar-refractivity contribution is 7.46. The van der Waals surface area contributed by atoms with Crippen LogP contribution in [0.5, 0.6) is 0 Å². The fraction of sp³-hybridized carbons (Fsp3) is 0.353. The number of benzene rings is 1. The summed E-state index contributed by atoms with van der Waals surface area (Å²) in [5, 5.41) is 23.7. The van der Waals surface area contributed by atoms with Crippen LogP contribution in [0.2, 0.25) is 5.02 Å². The van der Waals surface area contributed by atoms with Crippen molar-refractivity contribution in [3.8, 4) is 0 Å². The van der Waals surface area contributed by atoms with E-state index < -0.39 is 44.8 Å². The first-order chi connectivity index (χ1) is 15.2. The molecule has 0 bridgehead atoms. The molecule has 0 amide bonds. The van der Waals surface area contributed by atoms with E-state index in [1.807, 2.05) is 0 Å². The highest BCUT2D eigenvalue weighted by Gasteiger charge is 2.45. The number of anilines is 1. The average Bonchev–Trinajstić information content (AvgIpc) is 3.27. The van der Waals surface area contributed by atoms with Crippen molar-refractivity contribution in [3.05, 3.63) is 47.3 Å². The van der Waals surface area contributed by atoms with Crippen molar-refractivity contribution in [1.29, 1.82) is 0 Å². The minimum absolute atomic E-state index is 0.0214. The van der Waals surface area contributed by atoms with E-state index in [0.717, 1.165) is 0 Å². The molecule has 1 aromatic carbocycles. The lowest BCUT2D eigenvalue weighted by molar-refractivity contribution is -0.0504. The van der Waals surface area contributed by atoms with Crippen LogP contribution in [0.1, 0.15) is 11.8 Å². The quantitative estimate of drug-likeness (QED) is 0.299. The predicted molar refractivity (Wildman–Crippen MR) is 108 cm³/mol. The van der Waals surface area contributed by atoms with Gasteiger partial charge in [-0.3, -0.25) is 9.09 Å². The Bertz CT molecular complexity index is 1160. The van der Waals surface area contributed by atoms with E-state index in [9.17, 15) is 19.2 Å². The molecule has 172 valence electrons. The van der Waals surface area contributed by atoms with Crippen LogP contribution in [0.3, 0.4) is 0 Å². The number of aliphatic hydroxyl groups is 2. The number of halogens is 2. The summed E-state index contributed by atoms with van der Waals surface area (Å²) in [6.07, 6.45) is -2.79. The number of aromatic nitrogens is 4. The molecular formula is C17H18ClFN5O7P. The summed E-state index contributed by atoms with van der Waals surface area (Å²) in [5.41, 5.74) is 0.751. The average molecular weight is 490 g/mol. The van der Waals surface area contributed by atoms with Gasteiger partial charge in [0.15, 0.2) is 23.2 Å². The van der Waals surface area contributed by atoms with Crippen LogP contribution in [0.15, 0.2) is 30.9 Å². The van der Waals surface area contributed by atoms with Crippen LogP contribution in [-0.2, 0) is 20.4 Å². The number of nitrogens with one attached hydrogen (secondary N) is 1. The zero-order chi connectivity index (χ0) is 23.0. The lowest BCUT2D eigenvalue weighted by Gasteiger charge is -2.16. The third kappa shape index (κ3) is 4.60. The third-order valence-corrected chi connectivity index (χ3v) is 5.71. The Morgan fingerprint density at radius 2 is 2.03 bits per heavy atom. The second-order valence-electron chi connectivity index (χ2n) is 6.93. The molecule has 1 aliphatic rings. The van der Waals surface area contributed by atoms with E-state index in [1.54, 1.807) is 6.07 Å². The lowest BCUT2D eigenvalue weighted by Crippen LogP contribution is -2.33. The second kappa shape index (κ2) is 8.96. The number of fused-ring (bicyclic) bond motifs is 1. The molecule has 3 heterocycles. The topological polar surface area (TPSA) is 172 Å². The summed E-state index contributed by atoms with van der Waals surface area (Å²) in [7, 11) is -4.79. The third-order valence-electron chi connectivity index (χ3n) is 4.87. The first-order valence-electron chi connectivity index (χ1n) is 9.21. The summed E-state index contributed by atoms with van der Waals surface area (Å²) in [6.45, 7) is -0.621. The molecule has 0 radical (unpaired) electrons. The largest absolute Gasteiger partial charge is 0.469 e. The van der Waals surface area contributed by atoms with Gasteiger partial charge in [0.2, 0.25) is 0 Å². The number of imidazole rings is 1. The maximum atomic E-state index is 14.0. The maximum Gasteiger partial charge on any atom is 0.469 e. The zero-order valence-electron chi connectivity index (χ0n) is 16.1. The zero-order valence-corrected chi connectivity index (χ0v) is 17.8. The van der Waals surface area contributed by atoms with Crippen molar-refractivity contribution < 1.29 is 38.2 Å². The number of aliphatic hydroxyl groups excluding tert-OH is 2. The molecule has 32 heavy (non-hydrogen) atoms. The number of ether oxygens (including phenoxy) is 1. The van der Waals surface area contributed by atoms with Crippen molar-refractivity contribution in [1.82, 2.24) is 19.5 Å². The predicted octanol–water partition coefficient (Wildman–Crippen LogP) is 0.959. The minimum Gasteiger partial charge on any atom is -0.387 e. The van der Waals surface area contributed by atoms with Gasteiger partial charge in [0.25, 0.3) is 0 Å². The van der Waals surface area contributed by atoms with Gasteiger partial charge < -0.3 is 30.1 Å². The lowest BCUT2D eigenvalue weighted by atomic mass is 10.1. The Morgan fingerprint density at radius 1 is 1.25 bits per heavy atom. The number of hydrogen-bond donors (Lipinski definition) is 5. The molecule has 0 unspecified atom stereocenters. The van der Waals surface area contributed by atoms with Crippen molar-refractivity contribution in [2.45, 2.75) is 31.1 Å². The van der Waals surface area contributed by atoms with E-state index in [1.165, 1.54) is 29.4 Å². The van der Waals surface area contributed by atoms with Gasteiger partial charge in [-0.1, -0.05) is 17.7 Å². The molecule has 5 N–H and O–H groups in total. The summed E-state index contributed by atoms with van der Waals surface area (Å²) < 4.78 is 36.2. The number of rotatable bonds is 7. The Balaban J connectivity index is 1.56. The molecule has 4 rings (SSSR count). The molecule has 1 fully saturated rings. The van der Waals surface area contributed by atoms with Gasteiger partial charge in [0.05, 0.1) is 12.9 Å². The van der Waals surface area contributed by atoms with Crippen LogP contribution >= 0.6 is 19.4 Å². The van der Waals surface area contributed by atoms with Crippen LogP contribution in [-0.4, -0.2) is 64.4 Å². The van der Waals surface area contributed by atoms with Gasteiger partial charge in [-0.25, -0.2) is 23.9 Å². The summed E-state index contributed by atoms with van der Waals surface area (Å²) in [4.78, 5) is 30.1. The van der Waals surface area contributed by atoms with E-state index >= 15 is 0 Å². The molecule has 2 aromatic heterocycles. The fourth-order valence-corrected chi connectivity index (χ4v) is 3.88.